The maximum atomic E-state index is 12.4. The van der Waals surface area contributed by atoms with E-state index in [1.54, 1.807) is 54.7 Å². The van der Waals surface area contributed by atoms with Crippen LogP contribution in [0, 0.1) is 6.92 Å². The molecular weight excluding hydrogens is 1220 g/mol. The molecule has 0 bridgehead atoms. The number of aromatic carboxylic acids is 2. The lowest BCUT2D eigenvalue weighted by Crippen LogP contribution is -2.12. The smallest absolute Gasteiger partial charge is 0.377 e. The molecule has 98 heavy (non-hydrogen) atoms. The monoisotopic (exact) mass is 1320 g/mol. The maximum Gasteiger partial charge on any atom is 0.377 e. The van der Waals surface area contributed by atoms with Crippen LogP contribution >= 0.6 is 0 Å². The van der Waals surface area contributed by atoms with E-state index >= 15 is 0 Å². The number of hydrogen-bond donors (Lipinski definition) is 4. The molecule has 11 heteroatoms. The molecule has 0 aliphatic carbocycles. The minimum Gasteiger partial charge on any atom is -0.494 e. The third-order valence-electron chi connectivity index (χ3n) is 17.2. The number of carbonyl (C=O) groups is 5. The molecule has 0 aliphatic rings. The number of aromatic nitrogens is 1. The summed E-state index contributed by atoms with van der Waals surface area (Å²) < 4.78 is 5.78. The van der Waals surface area contributed by atoms with Crippen LogP contribution in [0.25, 0.3) is 44.5 Å². The minimum absolute atomic E-state index is 0.146. The lowest BCUT2D eigenvalue weighted by molar-refractivity contribution is -0.131. The van der Waals surface area contributed by atoms with Crippen LogP contribution < -0.4 is 10.1 Å². The predicted octanol–water partition coefficient (Wildman–Crippen LogP) is 22.9. The average Bonchev–Trinajstić information content (AvgIpc) is 1.01. The molecule has 9 rings (SSSR count). The van der Waals surface area contributed by atoms with Crippen LogP contribution in [0.5, 0.6) is 5.75 Å². The van der Waals surface area contributed by atoms with Gasteiger partial charge in [0.15, 0.2) is 0 Å². The van der Waals surface area contributed by atoms with Gasteiger partial charge in [-0.1, -0.05) is 282 Å². The predicted molar refractivity (Wildman–Crippen MR) is 402 cm³/mol. The SMILES string of the molecule is CCCCCCCCOc1ccc(-c2ccc(C(=O)O)cc2)cc1.CCCCCCCCc1ccc(-c2ccc(C(=O)C(=O)O)cc2)cc1.CCCCCCCCc1ccc(-c2ccc(C(=O)Nc3ccc(C)cn3)cc2)cc1.CCCCc1ccc(-c2ccc(C(=O)O)cc2)cc1. The topological polar surface area (TPSA) is 180 Å². The van der Waals surface area contributed by atoms with Crippen LogP contribution in [-0.4, -0.2) is 56.5 Å². The van der Waals surface area contributed by atoms with Crippen molar-refractivity contribution in [3.63, 3.8) is 0 Å². The van der Waals surface area contributed by atoms with Crippen molar-refractivity contribution >= 4 is 35.4 Å². The van der Waals surface area contributed by atoms with Gasteiger partial charge in [0.05, 0.1) is 17.7 Å². The highest BCUT2D eigenvalue weighted by Crippen LogP contribution is 2.27. The van der Waals surface area contributed by atoms with Crippen LogP contribution in [0.1, 0.15) is 220 Å². The van der Waals surface area contributed by atoms with Crippen molar-refractivity contribution in [2.24, 2.45) is 0 Å². The van der Waals surface area contributed by atoms with Gasteiger partial charge in [-0.05, 0) is 173 Å². The van der Waals surface area contributed by atoms with Crippen molar-refractivity contribution in [1.82, 2.24) is 4.98 Å². The maximum absolute atomic E-state index is 12.4. The van der Waals surface area contributed by atoms with Crippen molar-refractivity contribution < 1.29 is 44.0 Å². The van der Waals surface area contributed by atoms with Gasteiger partial charge in [0.25, 0.3) is 11.7 Å². The molecule has 0 radical (unpaired) electrons. The van der Waals surface area contributed by atoms with Crippen molar-refractivity contribution in [3.05, 3.63) is 257 Å². The highest BCUT2D eigenvalue weighted by molar-refractivity contribution is 6.39. The second kappa shape index (κ2) is 44.2. The lowest BCUT2D eigenvalue weighted by Gasteiger charge is -2.08. The Balaban J connectivity index is 0.000000209. The second-order valence-electron chi connectivity index (χ2n) is 25.1. The fraction of sp³-hybridized carbons (Fsp3) is 0.333. The van der Waals surface area contributed by atoms with E-state index in [9.17, 15) is 24.0 Å². The summed E-state index contributed by atoms with van der Waals surface area (Å²) in [6.07, 6.45) is 30.9. The largest absolute Gasteiger partial charge is 0.494 e. The molecule has 1 amide bonds. The number of benzene rings is 8. The molecule has 9 aromatic rings. The van der Waals surface area contributed by atoms with E-state index in [-0.39, 0.29) is 11.5 Å². The van der Waals surface area contributed by atoms with Gasteiger partial charge in [0.2, 0.25) is 0 Å². The molecule has 11 nitrogen and oxygen atoms in total. The van der Waals surface area contributed by atoms with Crippen molar-refractivity contribution in [2.45, 2.75) is 182 Å². The molecule has 0 fully saturated rings. The second-order valence-corrected chi connectivity index (χ2v) is 25.1. The number of ketones is 1. The molecule has 0 spiro atoms. The Labute approximate surface area is 582 Å². The van der Waals surface area contributed by atoms with Gasteiger partial charge in [-0.15, -0.1) is 0 Å². The van der Waals surface area contributed by atoms with E-state index in [1.165, 1.54) is 144 Å². The zero-order valence-electron chi connectivity index (χ0n) is 58.4. The third kappa shape index (κ3) is 28.1. The van der Waals surface area contributed by atoms with Crippen LogP contribution in [-0.2, 0) is 24.1 Å². The Kier molecular flexibility index (Phi) is 34.8. The Morgan fingerprint density at radius 1 is 0.337 bits per heavy atom. The first-order chi connectivity index (χ1) is 47.7. The van der Waals surface area contributed by atoms with Gasteiger partial charge in [-0.3, -0.25) is 9.59 Å². The zero-order valence-corrected chi connectivity index (χ0v) is 58.4. The number of anilines is 1. The number of amides is 1. The Morgan fingerprint density at radius 3 is 0.980 bits per heavy atom. The number of unbranched alkanes of at least 4 members (excludes halogenated alkanes) is 16. The molecule has 0 saturated carbocycles. The molecule has 1 aromatic heterocycles. The van der Waals surface area contributed by atoms with Gasteiger partial charge in [0, 0.05) is 17.3 Å². The summed E-state index contributed by atoms with van der Waals surface area (Å²) in [6, 6.07) is 65.8. The molecule has 514 valence electrons. The van der Waals surface area contributed by atoms with Gasteiger partial charge < -0.3 is 25.4 Å². The molecule has 0 aliphatic heterocycles. The van der Waals surface area contributed by atoms with Crippen LogP contribution in [0.2, 0.25) is 0 Å². The minimum atomic E-state index is -1.42. The number of carbonyl (C=O) groups excluding carboxylic acids is 2. The molecule has 1 heterocycles. The molecule has 0 unspecified atom stereocenters. The number of carboxylic acid groups (broad SMARTS) is 3. The zero-order chi connectivity index (χ0) is 70.1. The number of pyridine rings is 1. The summed E-state index contributed by atoms with van der Waals surface area (Å²) in [4.78, 5) is 60.4. The quantitative estimate of drug-likeness (QED) is 0.0170. The van der Waals surface area contributed by atoms with Crippen LogP contribution in [0.4, 0.5) is 5.82 Å². The summed E-state index contributed by atoms with van der Waals surface area (Å²) in [5, 5.41) is 29.4. The molecule has 8 aromatic carbocycles. The highest BCUT2D eigenvalue weighted by Gasteiger charge is 2.15. The van der Waals surface area contributed by atoms with E-state index in [0.717, 1.165) is 82.5 Å². The van der Waals surface area contributed by atoms with E-state index in [1.807, 2.05) is 91.9 Å². The highest BCUT2D eigenvalue weighted by atomic mass is 16.5. The fourth-order valence-electron chi connectivity index (χ4n) is 11.1. The number of carboxylic acids is 3. The van der Waals surface area contributed by atoms with Crippen molar-refractivity contribution in [1.29, 1.82) is 0 Å². The van der Waals surface area contributed by atoms with E-state index < -0.39 is 23.7 Å². The lowest BCUT2D eigenvalue weighted by atomic mass is 9.99. The van der Waals surface area contributed by atoms with Crippen LogP contribution in [0.3, 0.4) is 0 Å². The summed E-state index contributed by atoms with van der Waals surface area (Å²) in [5.41, 5.74) is 15.2. The van der Waals surface area contributed by atoms with E-state index in [0.29, 0.717) is 22.5 Å². The number of ether oxygens (including phenoxy) is 1. The molecule has 0 saturated heterocycles. The Hall–Kier alpha value is -9.74. The fourth-order valence-corrected chi connectivity index (χ4v) is 11.1. The van der Waals surface area contributed by atoms with Crippen LogP contribution in [0.15, 0.2) is 212 Å². The molecule has 4 N–H and O–H groups in total. The van der Waals surface area contributed by atoms with Crippen molar-refractivity contribution in [2.75, 3.05) is 11.9 Å². The van der Waals surface area contributed by atoms with Gasteiger partial charge in [0.1, 0.15) is 11.6 Å². The van der Waals surface area contributed by atoms with Crippen molar-refractivity contribution in [3.8, 4) is 50.3 Å². The summed E-state index contributed by atoms with van der Waals surface area (Å²) in [6.45, 7) is 11.6. The number of Topliss-reactive ketones (excluding diaryl/α,β-unsaturated/α-hetero) is 1. The summed E-state index contributed by atoms with van der Waals surface area (Å²) in [7, 11) is 0. The van der Waals surface area contributed by atoms with Gasteiger partial charge in [-0.25, -0.2) is 19.4 Å². The first-order valence-electron chi connectivity index (χ1n) is 35.6. The average molecular weight is 1320 g/mol. The normalized spacial score (nSPS) is 10.6. The number of hydrogen-bond acceptors (Lipinski definition) is 7. The number of aryl methyl sites for hydroxylation is 4. The first-order valence-corrected chi connectivity index (χ1v) is 35.6. The Bertz CT molecular complexity index is 3750. The van der Waals surface area contributed by atoms with E-state index in [2.05, 4.69) is 111 Å². The standard InChI is InChI=1S/C27H32N2O.C22H26O3.C21H26O3.C17H18O2/c1-3-4-5-6-7-8-9-22-11-13-23(14-12-22)24-15-17-25(18-16-24)27(30)29-26-19-10-21(2)20-28-26;1-2-3-4-5-6-7-8-17-9-11-18(12-10-17)19-13-15-20(16-14-19)21(23)22(24)25;1-2-3-4-5-6-7-16-24-20-14-12-18(13-15-20)17-8-10-19(11-9-17)21(22)23;1-2-3-4-13-5-7-14(8-6-13)15-9-11-16(12-10-15)17(18)19/h10-20H,3-9H2,1-2H3,(H,28,29,30);9-16H,2-8H2,1H3,(H,24,25);8-15H,2-7,16H2,1H3,(H,22,23);5-12H,2-4H2,1H3,(H,18,19). The third-order valence-corrected chi connectivity index (χ3v) is 17.2. The number of nitrogens with one attached hydrogen (secondary N) is 1. The van der Waals surface area contributed by atoms with E-state index in [4.69, 9.17) is 20.1 Å². The van der Waals surface area contributed by atoms with Gasteiger partial charge >= 0.3 is 17.9 Å². The summed E-state index contributed by atoms with van der Waals surface area (Å²) in [5.74, 6) is -2.79. The Morgan fingerprint density at radius 2 is 0.643 bits per heavy atom. The summed E-state index contributed by atoms with van der Waals surface area (Å²) >= 11 is 0. The first kappa shape index (κ1) is 77.3. The number of nitrogens with zero attached hydrogens (tertiary/aromatic N) is 1. The molecule has 0 atom stereocenters. The van der Waals surface area contributed by atoms with Gasteiger partial charge in [-0.2, -0.15) is 0 Å². The molecular formula is C87H102N2O9. The number of aliphatic carboxylic acids is 1. The number of rotatable bonds is 35.